The fraction of sp³-hybridized carbons (Fsp3) is 0.750. The zero-order valence-electron chi connectivity index (χ0n) is 7.22. The molecule has 0 N–H and O–H groups in total. The lowest BCUT2D eigenvalue weighted by atomic mass is 10.3. The molecule has 0 aromatic carbocycles. The number of hydrogen-bond donors (Lipinski definition) is 0. The Balaban J connectivity index is 3.66. The van der Waals surface area contributed by atoms with E-state index in [0.29, 0.717) is 6.42 Å². The second kappa shape index (κ2) is 4.88. The number of ether oxygens (including phenoxy) is 1. The Morgan fingerprint density at radius 2 is 2.00 bits per heavy atom. The summed E-state index contributed by atoms with van der Waals surface area (Å²) >= 11 is 0. The molecule has 0 heterocycles. The summed E-state index contributed by atoms with van der Waals surface area (Å²) in [7, 11) is 0. The lowest BCUT2D eigenvalue weighted by Crippen LogP contribution is -2.21. The first-order chi connectivity index (χ1) is 5.07. The van der Waals surface area contributed by atoms with Crippen molar-refractivity contribution in [3.05, 3.63) is 0 Å². The van der Waals surface area contributed by atoms with Crippen LogP contribution in [-0.2, 0) is 14.3 Å². The molecule has 0 bridgehead atoms. The van der Waals surface area contributed by atoms with Crippen LogP contribution in [0, 0.1) is 0 Å². The maximum Gasteiger partial charge on any atom is 0.306 e. The molecule has 0 saturated heterocycles. The number of hydrogen-bond acceptors (Lipinski definition) is 3. The van der Waals surface area contributed by atoms with Crippen LogP contribution in [0.1, 0.15) is 33.6 Å². The van der Waals surface area contributed by atoms with Crippen molar-refractivity contribution >= 4 is 11.8 Å². The number of ketones is 1. The van der Waals surface area contributed by atoms with E-state index in [0.717, 1.165) is 6.42 Å². The van der Waals surface area contributed by atoms with Crippen LogP contribution in [0.2, 0.25) is 0 Å². The van der Waals surface area contributed by atoms with E-state index < -0.39 is 6.10 Å². The van der Waals surface area contributed by atoms with Gasteiger partial charge < -0.3 is 4.74 Å². The minimum absolute atomic E-state index is 0.116. The molecule has 64 valence electrons. The summed E-state index contributed by atoms with van der Waals surface area (Å²) < 4.78 is 4.76. The minimum Gasteiger partial charge on any atom is -0.455 e. The summed E-state index contributed by atoms with van der Waals surface area (Å²) in [5.41, 5.74) is 0. The fourth-order valence-corrected chi connectivity index (χ4v) is 0.543. The standard InChI is InChI=1S/C8H14O3/c1-4-5-8(10)11-7(3)6(2)9/h7H,4-5H2,1-3H3/t7-/m1/s1. The first-order valence-electron chi connectivity index (χ1n) is 3.77. The van der Waals surface area contributed by atoms with E-state index in [1.807, 2.05) is 6.92 Å². The second-order valence-corrected chi connectivity index (χ2v) is 2.49. The molecule has 1 atom stereocenters. The van der Waals surface area contributed by atoms with E-state index in [9.17, 15) is 9.59 Å². The van der Waals surface area contributed by atoms with E-state index in [1.165, 1.54) is 6.92 Å². The van der Waals surface area contributed by atoms with Gasteiger partial charge in [0.15, 0.2) is 11.9 Å². The number of carbonyl (C=O) groups is 2. The molecule has 11 heavy (non-hydrogen) atoms. The Hall–Kier alpha value is -0.860. The molecule has 0 amide bonds. The highest BCUT2D eigenvalue weighted by molar-refractivity contribution is 5.83. The highest BCUT2D eigenvalue weighted by Gasteiger charge is 2.11. The smallest absolute Gasteiger partial charge is 0.306 e. The van der Waals surface area contributed by atoms with Gasteiger partial charge in [0.05, 0.1) is 0 Å². The summed E-state index contributed by atoms with van der Waals surface area (Å²) in [6.07, 6.45) is 0.551. The van der Waals surface area contributed by atoms with Gasteiger partial charge in [0.25, 0.3) is 0 Å². The SMILES string of the molecule is CCCC(=O)O[C@H](C)C(C)=O. The summed E-state index contributed by atoms with van der Waals surface area (Å²) in [6, 6.07) is 0. The zero-order chi connectivity index (χ0) is 8.85. The Bertz CT molecular complexity index is 151. The fourth-order valence-electron chi connectivity index (χ4n) is 0.543. The number of carbonyl (C=O) groups excluding carboxylic acids is 2. The van der Waals surface area contributed by atoms with Crippen LogP contribution in [0.25, 0.3) is 0 Å². The van der Waals surface area contributed by atoms with Crippen molar-refractivity contribution in [1.82, 2.24) is 0 Å². The molecule has 0 fully saturated rings. The van der Waals surface area contributed by atoms with E-state index in [-0.39, 0.29) is 11.8 Å². The Morgan fingerprint density at radius 1 is 1.45 bits per heavy atom. The molecule has 0 saturated carbocycles. The summed E-state index contributed by atoms with van der Waals surface area (Å²) in [5, 5.41) is 0. The Labute approximate surface area is 66.7 Å². The van der Waals surface area contributed by atoms with Gasteiger partial charge in [0.1, 0.15) is 0 Å². The van der Waals surface area contributed by atoms with Crippen molar-refractivity contribution in [1.29, 1.82) is 0 Å². The van der Waals surface area contributed by atoms with Gasteiger partial charge in [-0.1, -0.05) is 6.92 Å². The molecule has 0 aliphatic heterocycles. The predicted octanol–water partition coefficient (Wildman–Crippen LogP) is 1.31. The molecule has 3 nitrogen and oxygen atoms in total. The number of rotatable bonds is 4. The average molecular weight is 158 g/mol. The molecule has 0 aromatic heterocycles. The topological polar surface area (TPSA) is 43.4 Å². The van der Waals surface area contributed by atoms with Crippen LogP contribution >= 0.6 is 0 Å². The van der Waals surface area contributed by atoms with E-state index in [4.69, 9.17) is 4.74 Å². The highest BCUT2D eigenvalue weighted by Crippen LogP contribution is 1.97. The van der Waals surface area contributed by atoms with Crippen molar-refractivity contribution in [3.8, 4) is 0 Å². The van der Waals surface area contributed by atoms with Crippen molar-refractivity contribution in [3.63, 3.8) is 0 Å². The van der Waals surface area contributed by atoms with E-state index in [2.05, 4.69) is 0 Å². The van der Waals surface area contributed by atoms with Crippen LogP contribution in [0.15, 0.2) is 0 Å². The van der Waals surface area contributed by atoms with Crippen molar-refractivity contribution in [2.24, 2.45) is 0 Å². The molecular formula is C8H14O3. The van der Waals surface area contributed by atoms with Gasteiger partial charge in [0, 0.05) is 6.42 Å². The van der Waals surface area contributed by atoms with Gasteiger partial charge in [-0.3, -0.25) is 9.59 Å². The van der Waals surface area contributed by atoms with Crippen LogP contribution in [0.5, 0.6) is 0 Å². The van der Waals surface area contributed by atoms with Crippen LogP contribution < -0.4 is 0 Å². The average Bonchev–Trinajstić information content (AvgIpc) is 1.87. The normalized spacial score (nSPS) is 12.3. The zero-order valence-corrected chi connectivity index (χ0v) is 7.22. The number of Topliss-reactive ketones (excluding diaryl/α,β-unsaturated/α-hetero) is 1. The monoisotopic (exact) mass is 158 g/mol. The Kier molecular flexibility index (Phi) is 4.50. The lowest BCUT2D eigenvalue weighted by molar-refractivity contribution is -0.153. The van der Waals surface area contributed by atoms with Crippen molar-refractivity contribution < 1.29 is 14.3 Å². The van der Waals surface area contributed by atoms with Gasteiger partial charge in [-0.15, -0.1) is 0 Å². The second-order valence-electron chi connectivity index (χ2n) is 2.49. The Morgan fingerprint density at radius 3 is 2.36 bits per heavy atom. The summed E-state index contributed by atoms with van der Waals surface area (Å²) in [5.74, 6) is -0.412. The van der Waals surface area contributed by atoms with Gasteiger partial charge in [-0.2, -0.15) is 0 Å². The minimum atomic E-state index is -0.589. The van der Waals surface area contributed by atoms with Crippen LogP contribution in [-0.4, -0.2) is 17.9 Å². The molecular weight excluding hydrogens is 144 g/mol. The summed E-state index contributed by atoms with van der Waals surface area (Å²) in [4.78, 5) is 21.4. The van der Waals surface area contributed by atoms with Gasteiger partial charge in [-0.05, 0) is 20.3 Å². The largest absolute Gasteiger partial charge is 0.455 e. The van der Waals surface area contributed by atoms with Crippen molar-refractivity contribution in [2.75, 3.05) is 0 Å². The molecule has 0 aromatic rings. The van der Waals surface area contributed by atoms with Crippen LogP contribution in [0.3, 0.4) is 0 Å². The molecule has 0 unspecified atom stereocenters. The maximum absolute atomic E-state index is 10.8. The lowest BCUT2D eigenvalue weighted by Gasteiger charge is -2.08. The quantitative estimate of drug-likeness (QED) is 0.579. The molecule has 3 heteroatoms. The third-order valence-corrected chi connectivity index (χ3v) is 1.33. The highest BCUT2D eigenvalue weighted by atomic mass is 16.5. The van der Waals surface area contributed by atoms with Gasteiger partial charge in [0.2, 0.25) is 0 Å². The molecule has 0 aliphatic rings. The molecule has 0 radical (unpaired) electrons. The molecule has 0 spiro atoms. The van der Waals surface area contributed by atoms with Gasteiger partial charge in [-0.25, -0.2) is 0 Å². The first kappa shape index (κ1) is 10.1. The van der Waals surface area contributed by atoms with Gasteiger partial charge >= 0.3 is 5.97 Å². The van der Waals surface area contributed by atoms with E-state index in [1.54, 1.807) is 6.92 Å². The third kappa shape index (κ3) is 4.53. The van der Waals surface area contributed by atoms with Crippen LogP contribution in [0.4, 0.5) is 0 Å². The number of esters is 1. The molecule has 0 aliphatic carbocycles. The summed E-state index contributed by atoms with van der Waals surface area (Å²) in [6.45, 7) is 4.87. The van der Waals surface area contributed by atoms with E-state index >= 15 is 0 Å². The van der Waals surface area contributed by atoms with Crippen molar-refractivity contribution in [2.45, 2.75) is 39.7 Å². The third-order valence-electron chi connectivity index (χ3n) is 1.33. The maximum atomic E-state index is 10.8. The molecule has 0 rings (SSSR count). The first-order valence-corrected chi connectivity index (χ1v) is 3.77. The predicted molar refractivity (Wildman–Crippen MR) is 41.1 cm³/mol.